The molecule has 1 fully saturated rings. The molecule has 6 nitrogen and oxygen atoms in total. The molecule has 0 N–H and O–H groups in total. The lowest BCUT2D eigenvalue weighted by Gasteiger charge is -2.36. The van der Waals surface area contributed by atoms with Crippen molar-refractivity contribution in [3.8, 4) is 0 Å². The van der Waals surface area contributed by atoms with Crippen LogP contribution in [0.4, 0.5) is 5.69 Å². The van der Waals surface area contributed by atoms with Crippen molar-refractivity contribution in [1.29, 1.82) is 0 Å². The van der Waals surface area contributed by atoms with Crippen molar-refractivity contribution in [2.45, 2.75) is 6.67 Å². The zero-order chi connectivity index (χ0) is 16.5. The maximum atomic E-state index is 12.0. The van der Waals surface area contributed by atoms with Gasteiger partial charge < -0.3 is 9.32 Å². The number of anilines is 1. The summed E-state index contributed by atoms with van der Waals surface area (Å²) in [5.74, 6) is -0.360. The van der Waals surface area contributed by atoms with E-state index in [0.717, 1.165) is 36.9 Å². The number of halogens is 1. The molecule has 7 heteroatoms. The average molecular weight is 345 g/mol. The number of nitrogens with zero attached hydrogens (tertiary/aromatic N) is 4. The number of hydrogen-bond acceptors (Lipinski definition) is 5. The molecule has 0 bridgehead atoms. The molecule has 0 amide bonds. The van der Waals surface area contributed by atoms with E-state index in [0.29, 0.717) is 17.9 Å². The van der Waals surface area contributed by atoms with Crippen molar-refractivity contribution in [3.05, 3.63) is 58.2 Å². The summed E-state index contributed by atoms with van der Waals surface area (Å²) in [5, 5.41) is 0.748. The molecule has 124 valence electrons. The summed E-state index contributed by atoms with van der Waals surface area (Å²) in [7, 11) is 0. The molecule has 0 atom stereocenters. The summed E-state index contributed by atoms with van der Waals surface area (Å²) in [6, 6.07) is 11.4. The van der Waals surface area contributed by atoms with Crippen LogP contribution in [0.25, 0.3) is 11.2 Å². The molecular weight excluding hydrogens is 328 g/mol. The van der Waals surface area contributed by atoms with E-state index >= 15 is 0 Å². The Morgan fingerprint density at radius 1 is 1.12 bits per heavy atom. The number of benzene rings is 1. The minimum absolute atomic E-state index is 0.360. The highest BCUT2D eigenvalue weighted by molar-refractivity contribution is 6.30. The van der Waals surface area contributed by atoms with Gasteiger partial charge in [0.25, 0.3) is 0 Å². The number of pyridine rings is 1. The van der Waals surface area contributed by atoms with E-state index < -0.39 is 0 Å². The Morgan fingerprint density at radius 3 is 2.75 bits per heavy atom. The molecule has 3 heterocycles. The summed E-state index contributed by atoms with van der Waals surface area (Å²) in [6.45, 7) is 3.99. The Morgan fingerprint density at radius 2 is 1.96 bits per heavy atom. The topological polar surface area (TPSA) is 54.5 Å². The summed E-state index contributed by atoms with van der Waals surface area (Å²) < 4.78 is 6.83. The first-order valence-electron chi connectivity index (χ1n) is 7.88. The molecule has 0 aliphatic carbocycles. The minimum atomic E-state index is -0.360. The van der Waals surface area contributed by atoms with E-state index in [4.69, 9.17) is 16.0 Å². The molecule has 0 unspecified atom stereocenters. The third-order valence-electron chi connectivity index (χ3n) is 4.31. The van der Waals surface area contributed by atoms with Gasteiger partial charge >= 0.3 is 5.76 Å². The molecule has 3 aromatic rings. The van der Waals surface area contributed by atoms with Gasteiger partial charge in [0.15, 0.2) is 11.2 Å². The predicted octanol–water partition coefficient (Wildman–Crippen LogP) is 2.42. The fourth-order valence-corrected chi connectivity index (χ4v) is 3.23. The van der Waals surface area contributed by atoms with E-state index in [-0.39, 0.29) is 5.76 Å². The van der Waals surface area contributed by atoms with Gasteiger partial charge in [-0.2, -0.15) is 0 Å². The van der Waals surface area contributed by atoms with Gasteiger partial charge in [0, 0.05) is 43.1 Å². The average Bonchev–Trinajstić information content (AvgIpc) is 2.91. The minimum Gasteiger partial charge on any atom is -0.406 e. The van der Waals surface area contributed by atoms with Crippen LogP contribution in [0.5, 0.6) is 0 Å². The Kier molecular flexibility index (Phi) is 4.00. The number of fused-ring (bicyclic) bond motifs is 1. The second-order valence-electron chi connectivity index (χ2n) is 5.85. The van der Waals surface area contributed by atoms with Gasteiger partial charge in [0.1, 0.15) is 0 Å². The normalized spacial score (nSPS) is 16.0. The van der Waals surface area contributed by atoms with Gasteiger partial charge in [0.2, 0.25) is 0 Å². The quantitative estimate of drug-likeness (QED) is 0.730. The van der Waals surface area contributed by atoms with Crippen LogP contribution in [-0.4, -0.2) is 40.6 Å². The molecule has 1 saturated heterocycles. The Balaban J connectivity index is 1.46. The first-order chi connectivity index (χ1) is 11.7. The number of oxazole rings is 1. The first kappa shape index (κ1) is 15.2. The zero-order valence-corrected chi connectivity index (χ0v) is 13.8. The fraction of sp³-hybridized carbons (Fsp3) is 0.294. The van der Waals surface area contributed by atoms with Gasteiger partial charge in [0.05, 0.1) is 6.67 Å². The van der Waals surface area contributed by atoms with Crippen molar-refractivity contribution >= 4 is 28.5 Å². The maximum absolute atomic E-state index is 12.0. The van der Waals surface area contributed by atoms with Gasteiger partial charge in [-0.15, -0.1) is 0 Å². The van der Waals surface area contributed by atoms with Crippen molar-refractivity contribution < 1.29 is 4.42 Å². The molecule has 0 saturated carbocycles. The second-order valence-corrected chi connectivity index (χ2v) is 6.28. The smallest absolute Gasteiger partial charge is 0.406 e. The van der Waals surface area contributed by atoms with Gasteiger partial charge in [-0.1, -0.05) is 17.7 Å². The van der Waals surface area contributed by atoms with Crippen LogP contribution in [0.2, 0.25) is 5.02 Å². The Bertz CT molecular complexity index is 912. The van der Waals surface area contributed by atoms with E-state index in [9.17, 15) is 4.79 Å². The highest BCUT2D eigenvalue weighted by Crippen LogP contribution is 2.21. The van der Waals surface area contributed by atoms with E-state index in [1.54, 1.807) is 22.9 Å². The van der Waals surface area contributed by atoms with Crippen LogP contribution in [0.1, 0.15) is 0 Å². The number of piperazine rings is 1. The van der Waals surface area contributed by atoms with Crippen LogP contribution in [-0.2, 0) is 6.67 Å². The lowest BCUT2D eigenvalue weighted by atomic mass is 10.2. The zero-order valence-electron chi connectivity index (χ0n) is 13.1. The van der Waals surface area contributed by atoms with Crippen LogP contribution in [0.15, 0.2) is 51.8 Å². The van der Waals surface area contributed by atoms with Gasteiger partial charge in [-0.05, 0) is 30.3 Å². The van der Waals surface area contributed by atoms with E-state index in [1.165, 1.54) is 0 Å². The molecule has 0 radical (unpaired) electrons. The third-order valence-corrected chi connectivity index (χ3v) is 4.55. The fourth-order valence-electron chi connectivity index (χ4n) is 3.05. The van der Waals surface area contributed by atoms with Crippen molar-refractivity contribution in [3.63, 3.8) is 0 Å². The molecule has 1 aliphatic heterocycles. The lowest BCUT2D eigenvalue weighted by molar-refractivity contribution is 0.201. The number of hydrogen-bond donors (Lipinski definition) is 0. The highest BCUT2D eigenvalue weighted by Gasteiger charge is 2.20. The van der Waals surface area contributed by atoms with E-state index in [1.807, 2.05) is 18.2 Å². The van der Waals surface area contributed by atoms with Gasteiger partial charge in [-0.25, -0.2) is 14.3 Å². The molecule has 24 heavy (non-hydrogen) atoms. The van der Waals surface area contributed by atoms with Crippen molar-refractivity contribution in [2.24, 2.45) is 0 Å². The van der Waals surface area contributed by atoms with Crippen LogP contribution >= 0.6 is 11.6 Å². The Hall–Kier alpha value is -2.31. The summed E-state index contributed by atoms with van der Waals surface area (Å²) in [6.07, 6.45) is 1.67. The largest absolute Gasteiger partial charge is 0.422 e. The molecule has 2 aromatic heterocycles. The van der Waals surface area contributed by atoms with Crippen LogP contribution in [0.3, 0.4) is 0 Å². The summed E-state index contributed by atoms with van der Waals surface area (Å²) in [5.41, 5.74) is 2.26. The first-order valence-corrected chi connectivity index (χ1v) is 8.26. The SMILES string of the molecule is O=c1oc2cccnc2n1CN1CCN(c2cccc(Cl)c2)CC1. The second kappa shape index (κ2) is 6.30. The number of aromatic nitrogens is 2. The molecule has 1 aliphatic rings. The van der Waals surface area contributed by atoms with Crippen molar-refractivity contribution in [2.75, 3.05) is 31.1 Å². The molecule has 0 spiro atoms. The van der Waals surface area contributed by atoms with Crippen molar-refractivity contribution in [1.82, 2.24) is 14.5 Å². The molecule has 1 aromatic carbocycles. The van der Waals surface area contributed by atoms with E-state index in [2.05, 4.69) is 20.9 Å². The van der Waals surface area contributed by atoms with Crippen LogP contribution < -0.4 is 10.7 Å². The number of rotatable bonds is 3. The maximum Gasteiger partial charge on any atom is 0.422 e. The standard InChI is InChI=1S/C17H17ClN4O2/c18-13-3-1-4-14(11-13)21-9-7-20(8-10-21)12-22-16-15(24-17(22)23)5-2-6-19-16/h1-6,11H,7-10,12H2. The summed E-state index contributed by atoms with van der Waals surface area (Å²) in [4.78, 5) is 20.8. The predicted molar refractivity (Wildman–Crippen MR) is 93.5 cm³/mol. The van der Waals surface area contributed by atoms with Gasteiger partial charge in [-0.3, -0.25) is 4.90 Å². The lowest BCUT2D eigenvalue weighted by Crippen LogP contribution is -2.47. The Labute approximate surface area is 143 Å². The monoisotopic (exact) mass is 344 g/mol. The molecule has 4 rings (SSSR count). The third kappa shape index (κ3) is 2.90. The highest BCUT2D eigenvalue weighted by atomic mass is 35.5. The summed E-state index contributed by atoms with van der Waals surface area (Å²) >= 11 is 6.07. The van der Waals surface area contributed by atoms with Crippen LogP contribution in [0, 0.1) is 0 Å². The molecular formula is C17H17ClN4O2.